The Hall–Kier alpha value is -1.84. The summed E-state index contributed by atoms with van der Waals surface area (Å²) in [6.07, 6.45) is -4.43. The fourth-order valence-electron chi connectivity index (χ4n) is 2.66. The van der Waals surface area contributed by atoms with Gasteiger partial charge in [0.1, 0.15) is 11.8 Å². The second-order valence-electron chi connectivity index (χ2n) is 6.02. The van der Waals surface area contributed by atoms with Crippen molar-refractivity contribution >= 4 is 24.1 Å². The summed E-state index contributed by atoms with van der Waals surface area (Å²) in [6.45, 7) is 1.96. The van der Waals surface area contributed by atoms with Gasteiger partial charge in [0.2, 0.25) is 0 Å². The number of carbonyl (C=O) groups excluding carboxylic acids is 2. The number of rotatable bonds is 7. The Morgan fingerprint density at radius 1 is 1.30 bits per heavy atom. The first-order valence-corrected chi connectivity index (χ1v) is 8.29. The molecule has 0 spiro atoms. The van der Waals surface area contributed by atoms with Crippen molar-refractivity contribution < 1.29 is 27.5 Å². The summed E-state index contributed by atoms with van der Waals surface area (Å²) in [6, 6.07) is 4.54. The number of hydrogen-bond donors (Lipinski definition) is 2. The summed E-state index contributed by atoms with van der Waals surface area (Å²) in [5.74, 6) is -0.492. The Kier molecular flexibility index (Phi) is 9.01. The minimum atomic E-state index is -4.43. The molecule has 1 aliphatic heterocycles. The topological polar surface area (TPSA) is 70.7 Å². The molecule has 0 saturated carbocycles. The number of ketones is 1. The second-order valence-corrected chi connectivity index (χ2v) is 6.02. The van der Waals surface area contributed by atoms with Crippen LogP contribution >= 0.6 is 12.4 Å². The normalized spacial score (nSPS) is 16.1. The summed E-state index contributed by atoms with van der Waals surface area (Å²) < 4.78 is 45.0. The van der Waals surface area contributed by atoms with Gasteiger partial charge in [-0.3, -0.25) is 14.5 Å². The first kappa shape index (κ1) is 23.2. The maximum atomic E-state index is 13.2. The molecule has 1 amide bonds. The van der Waals surface area contributed by atoms with Crippen LogP contribution in [-0.4, -0.2) is 68.1 Å². The van der Waals surface area contributed by atoms with E-state index in [1.54, 1.807) is 18.2 Å². The third-order valence-corrected chi connectivity index (χ3v) is 4.07. The van der Waals surface area contributed by atoms with Crippen LogP contribution in [0.4, 0.5) is 13.2 Å². The van der Waals surface area contributed by atoms with Crippen LogP contribution < -0.4 is 15.4 Å². The van der Waals surface area contributed by atoms with Crippen LogP contribution in [0.5, 0.6) is 5.75 Å². The maximum Gasteiger partial charge on any atom is 0.405 e. The van der Waals surface area contributed by atoms with Crippen LogP contribution in [0.15, 0.2) is 24.3 Å². The van der Waals surface area contributed by atoms with Gasteiger partial charge in [0, 0.05) is 38.3 Å². The lowest BCUT2D eigenvalue weighted by Gasteiger charge is -2.35. The summed E-state index contributed by atoms with van der Waals surface area (Å²) in [4.78, 5) is 24.5. The lowest BCUT2D eigenvalue weighted by molar-refractivity contribution is -0.184. The number of nitrogens with zero attached hydrogens (tertiary/aromatic N) is 1. The number of piperazine rings is 1. The zero-order chi connectivity index (χ0) is 19.2. The largest absolute Gasteiger partial charge is 0.484 e. The van der Waals surface area contributed by atoms with Crippen molar-refractivity contribution in [2.45, 2.75) is 19.1 Å². The van der Waals surface area contributed by atoms with E-state index in [-0.39, 0.29) is 31.3 Å². The number of Topliss-reactive ketones (excluding diaryl/α,β-unsaturated/α-hetero) is 1. The first-order chi connectivity index (χ1) is 12.3. The maximum absolute atomic E-state index is 13.2. The molecule has 0 bridgehead atoms. The molecule has 1 saturated heterocycles. The number of ether oxygens (including phenoxy) is 1. The molecular weight excluding hydrogens is 387 g/mol. The summed E-state index contributed by atoms with van der Waals surface area (Å²) in [5.41, 5.74) is 0.429. The third-order valence-electron chi connectivity index (χ3n) is 4.07. The van der Waals surface area contributed by atoms with Crippen LogP contribution in [0.2, 0.25) is 0 Å². The lowest BCUT2D eigenvalue weighted by Crippen LogP contribution is -2.57. The van der Waals surface area contributed by atoms with Crippen LogP contribution in [0.3, 0.4) is 0 Å². The highest BCUT2D eigenvalue weighted by Crippen LogP contribution is 2.24. The number of nitrogens with one attached hydrogen (secondary N) is 2. The van der Waals surface area contributed by atoms with Gasteiger partial charge in [-0.15, -0.1) is 12.4 Å². The Morgan fingerprint density at radius 2 is 1.96 bits per heavy atom. The molecule has 2 rings (SSSR count). The van der Waals surface area contributed by atoms with Gasteiger partial charge < -0.3 is 15.4 Å². The van der Waals surface area contributed by atoms with Crippen molar-refractivity contribution in [3.8, 4) is 5.75 Å². The smallest absolute Gasteiger partial charge is 0.405 e. The van der Waals surface area contributed by atoms with Crippen molar-refractivity contribution in [3.05, 3.63) is 29.8 Å². The minimum absolute atomic E-state index is 0. The molecule has 1 atom stereocenters. The molecule has 1 aromatic carbocycles. The third kappa shape index (κ3) is 7.36. The molecule has 2 N–H and O–H groups in total. The van der Waals surface area contributed by atoms with Crippen LogP contribution in [0.25, 0.3) is 0 Å². The second kappa shape index (κ2) is 10.5. The van der Waals surface area contributed by atoms with E-state index in [4.69, 9.17) is 4.74 Å². The van der Waals surface area contributed by atoms with Crippen LogP contribution in [0, 0.1) is 0 Å². The monoisotopic (exact) mass is 409 g/mol. The van der Waals surface area contributed by atoms with Gasteiger partial charge in [0.25, 0.3) is 5.91 Å². The number of benzene rings is 1. The van der Waals surface area contributed by atoms with E-state index in [9.17, 15) is 22.8 Å². The van der Waals surface area contributed by atoms with Gasteiger partial charge in [-0.1, -0.05) is 12.1 Å². The van der Waals surface area contributed by atoms with Gasteiger partial charge >= 0.3 is 6.18 Å². The number of carbonyl (C=O) groups is 2. The minimum Gasteiger partial charge on any atom is -0.484 e. The Bertz CT molecular complexity index is 637. The van der Waals surface area contributed by atoms with E-state index in [1.165, 1.54) is 17.9 Å². The first-order valence-electron chi connectivity index (χ1n) is 8.29. The standard InChI is InChI=1S/C17H22F3N3O3.ClH/c1-12(24)13-3-2-4-14(9-13)26-11-16(25)22-10-15(17(18,19)20)23-7-5-21-6-8-23;/h2-4,9,15,21H,5-8,10-11H2,1H3,(H,22,25);1H. The van der Waals surface area contributed by atoms with E-state index < -0.39 is 31.3 Å². The highest BCUT2D eigenvalue weighted by molar-refractivity contribution is 5.94. The van der Waals surface area contributed by atoms with E-state index in [0.717, 1.165) is 0 Å². The van der Waals surface area contributed by atoms with Crippen molar-refractivity contribution in [2.75, 3.05) is 39.3 Å². The summed E-state index contributed by atoms with van der Waals surface area (Å²) >= 11 is 0. The zero-order valence-electron chi connectivity index (χ0n) is 14.8. The predicted octanol–water partition coefficient (Wildman–Crippen LogP) is 1.64. The van der Waals surface area contributed by atoms with Crippen molar-refractivity contribution in [2.24, 2.45) is 0 Å². The summed E-state index contributed by atoms with van der Waals surface area (Å²) in [7, 11) is 0. The number of halogens is 4. The quantitative estimate of drug-likeness (QED) is 0.670. The van der Waals surface area contributed by atoms with E-state index in [2.05, 4.69) is 10.6 Å². The molecule has 1 heterocycles. The molecular formula is C17H23ClF3N3O3. The molecule has 0 radical (unpaired) electrons. The molecule has 1 aromatic rings. The van der Waals surface area contributed by atoms with Crippen molar-refractivity contribution in [3.63, 3.8) is 0 Å². The molecule has 1 aliphatic rings. The highest BCUT2D eigenvalue weighted by atomic mass is 35.5. The van der Waals surface area contributed by atoms with E-state index in [0.29, 0.717) is 24.4 Å². The van der Waals surface area contributed by atoms with Gasteiger partial charge in [-0.05, 0) is 19.1 Å². The Balaban J connectivity index is 0.00000364. The average molecular weight is 410 g/mol. The SMILES string of the molecule is CC(=O)c1cccc(OCC(=O)NCC(N2CCNCC2)C(F)(F)F)c1.Cl. The van der Waals surface area contributed by atoms with Crippen molar-refractivity contribution in [1.82, 2.24) is 15.5 Å². The molecule has 10 heteroatoms. The van der Waals surface area contributed by atoms with E-state index >= 15 is 0 Å². The highest BCUT2D eigenvalue weighted by Gasteiger charge is 2.43. The summed E-state index contributed by atoms with van der Waals surface area (Å²) in [5, 5.41) is 5.28. The van der Waals surface area contributed by atoms with Gasteiger partial charge in [0.15, 0.2) is 12.4 Å². The Morgan fingerprint density at radius 3 is 2.56 bits per heavy atom. The molecule has 0 aliphatic carbocycles. The molecule has 6 nitrogen and oxygen atoms in total. The molecule has 152 valence electrons. The fourth-order valence-corrected chi connectivity index (χ4v) is 2.66. The van der Waals surface area contributed by atoms with Crippen molar-refractivity contribution in [1.29, 1.82) is 0 Å². The molecule has 0 aromatic heterocycles. The number of alkyl halides is 3. The fraction of sp³-hybridized carbons (Fsp3) is 0.529. The van der Waals surface area contributed by atoms with E-state index in [1.807, 2.05) is 0 Å². The average Bonchev–Trinajstić information content (AvgIpc) is 2.60. The van der Waals surface area contributed by atoms with Gasteiger partial charge in [-0.2, -0.15) is 13.2 Å². The van der Waals surface area contributed by atoms with Crippen LogP contribution in [-0.2, 0) is 4.79 Å². The van der Waals surface area contributed by atoms with Crippen LogP contribution in [0.1, 0.15) is 17.3 Å². The Labute approximate surface area is 161 Å². The number of amides is 1. The zero-order valence-corrected chi connectivity index (χ0v) is 15.7. The molecule has 1 fully saturated rings. The number of hydrogen-bond acceptors (Lipinski definition) is 5. The van der Waals surface area contributed by atoms with Gasteiger partial charge in [-0.25, -0.2) is 0 Å². The lowest BCUT2D eigenvalue weighted by atomic mass is 10.1. The van der Waals surface area contributed by atoms with Gasteiger partial charge in [0.05, 0.1) is 0 Å². The molecule has 27 heavy (non-hydrogen) atoms. The predicted molar refractivity (Wildman–Crippen MR) is 96.5 cm³/mol. The molecule has 1 unspecified atom stereocenters.